The first-order valence-electron chi connectivity index (χ1n) is 10.2. The van der Waals surface area contributed by atoms with Crippen LogP contribution in [0.25, 0.3) is 21.7 Å². The summed E-state index contributed by atoms with van der Waals surface area (Å²) in [7, 11) is 0. The Bertz CT molecular complexity index is 1210. The predicted octanol–water partition coefficient (Wildman–Crippen LogP) is 2.76. The third kappa shape index (κ3) is 3.66. The van der Waals surface area contributed by atoms with Crippen LogP contribution in [-0.2, 0) is 11.2 Å². The van der Waals surface area contributed by atoms with Gasteiger partial charge in [-0.1, -0.05) is 37.6 Å². The van der Waals surface area contributed by atoms with Crippen LogP contribution in [0.4, 0.5) is 4.39 Å². The van der Waals surface area contributed by atoms with Crippen molar-refractivity contribution < 1.29 is 9.18 Å². The van der Waals surface area contributed by atoms with E-state index in [9.17, 15) is 19.2 Å². The molecule has 0 aliphatic carbocycles. The summed E-state index contributed by atoms with van der Waals surface area (Å²) >= 11 is 0. The zero-order valence-corrected chi connectivity index (χ0v) is 16.7. The summed E-state index contributed by atoms with van der Waals surface area (Å²) in [6, 6.07) is 11.1. The zero-order valence-electron chi connectivity index (χ0n) is 16.7. The Morgan fingerprint density at radius 3 is 2.90 bits per heavy atom. The highest BCUT2D eigenvalue weighted by Gasteiger charge is 2.32. The highest BCUT2D eigenvalue weighted by Crippen LogP contribution is 2.24. The third-order valence-corrected chi connectivity index (χ3v) is 5.94. The molecular weight excluding hydrogens is 383 g/mol. The van der Waals surface area contributed by atoms with Crippen molar-refractivity contribution in [2.24, 2.45) is 5.92 Å². The molecule has 0 spiro atoms. The molecule has 1 aliphatic heterocycles. The monoisotopic (exact) mass is 406 g/mol. The summed E-state index contributed by atoms with van der Waals surface area (Å²) in [6.07, 6.45) is 2.14. The Labute approximate surface area is 173 Å². The number of fused-ring (bicyclic) bond motifs is 3. The van der Waals surface area contributed by atoms with Gasteiger partial charge in [0.05, 0.1) is 17.6 Å². The normalized spacial score (nSPS) is 19.6. The minimum atomic E-state index is -0.702. The summed E-state index contributed by atoms with van der Waals surface area (Å²) < 4.78 is 14.0. The average molecular weight is 406 g/mol. The number of para-hydroxylation sites is 1. The highest BCUT2D eigenvalue weighted by atomic mass is 19.1. The lowest BCUT2D eigenvalue weighted by atomic mass is 9.96. The maximum absolute atomic E-state index is 14.0. The fourth-order valence-corrected chi connectivity index (χ4v) is 4.33. The molecular formula is C23H23FN4O2. The predicted molar refractivity (Wildman–Crippen MR) is 113 cm³/mol. The van der Waals surface area contributed by atoms with E-state index in [2.05, 4.69) is 28.6 Å². The number of rotatable bonds is 5. The second-order valence-electron chi connectivity index (χ2n) is 7.78. The van der Waals surface area contributed by atoms with Crippen LogP contribution in [0.3, 0.4) is 0 Å². The number of hydrogen-bond donors (Lipinski definition) is 3. The smallest absolute Gasteiger partial charge is 0.256 e. The number of nitriles is 1. The van der Waals surface area contributed by atoms with Crippen LogP contribution in [0.5, 0.6) is 0 Å². The van der Waals surface area contributed by atoms with Gasteiger partial charge < -0.3 is 15.6 Å². The van der Waals surface area contributed by atoms with Crippen LogP contribution in [0.15, 0.2) is 41.2 Å². The van der Waals surface area contributed by atoms with Crippen LogP contribution in [0.1, 0.15) is 25.3 Å². The van der Waals surface area contributed by atoms with Gasteiger partial charge in [-0.3, -0.25) is 9.59 Å². The van der Waals surface area contributed by atoms with Gasteiger partial charge in [-0.05, 0) is 42.0 Å². The molecule has 0 bridgehead atoms. The molecule has 1 fully saturated rings. The lowest BCUT2D eigenvalue weighted by Gasteiger charge is -2.20. The number of aromatic amines is 1. The first kappa shape index (κ1) is 20.0. The van der Waals surface area contributed by atoms with Gasteiger partial charge in [0.1, 0.15) is 11.9 Å². The fraction of sp³-hybridized carbons (Fsp3) is 0.348. The maximum atomic E-state index is 14.0. The van der Waals surface area contributed by atoms with Crippen molar-refractivity contribution in [2.75, 3.05) is 6.54 Å². The van der Waals surface area contributed by atoms with Crippen molar-refractivity contribution in [3.63, 3.8) is 0 Å². The SMILES string of the molecule is CCC1CCNC1C(=O)NC(C#N)Cc1ccc2c(c1)c(=O)[nH]c1c(F)cccc12. The number of H-pyrrole nitrogens is 1. The van der Waals surface area contributed by atoms with E-state index in [0.717, 1.165) is 24.9 Å². The van der Waals surface area contributed by atoms with Crippen molar-refractivity contribution in [1.29, 1.82) is 5.26 Å². The van der Waals surface area contributed by atoms with Gasteiger partial charge in [-0.25, -0.2) is 4.39 Å². The van der Waals surface area contributed by atoms with Gasteiger partial charge in [-0.15, -0.1) is 0 Å². The molecule has 2 aromatic carbocycles. The second kappa shape index (κ2) is 8.25. The summed E-state index contributed by atoms with van der Waals surface area (Å²) in [5.41, 5.74) is 0.546. The molecule has 3 atom stereocenters. The molecule has 1 amide bonds. The fourth-order valence-electron chi connectivity index (χ4n) is 4.33. The van der Waals surface area contributed by atoms with Gasteiger partial charge in [0.15, 0.2) is 0 Å². The number of halogens is 1. The van der Waals surface area contributed by atoms with Crippen molar-refractivity contribution in [1.82, 2.24) is 15.6 Å². The Balaban J connectivity index is 1.59. The topological polar surface area (TPSA) is 97.8 Å². The molecule has 0 saturated carbocycles. The molecule has 30 heavy (non-hydrogen) atoms. The number of carbonyl (C=O) groups excluding carboxylic acids is 1. The van der Waals surface area contributed by atoms with E-state index < -0.39 is 11.9 Å². The molecule has 3 aromatic rings. The van der Waals surface area contributed by atoms with Crippen LogP contribution >= 0.6 is 0 Å². The molecule has 3 unspecified atom stereocenters. The molecule has 1 aliphatic rings. The van der Waals surface area contributed by atoms with E-state index in [-0.39, 0.29) is 35.4 Å². The van der Waals surface area contributed by atoms with E-state index in [1.54, 1.807) is 24.3 Å². The Hall–Kier alpha value is -3.24. The Morgan fingerprint density at radius 1 is 1.30 bits per heavy atom. The van der Waals surface area contributed by atoms with Gasteiger partial charge in [-0.2, -0.15) is 5.26 Å². The van der Waals surface area contributed by atoms with Gasteiger partial charge in [0.25, 0.3) is 5.56 Å². The minimum absolute atomic E-state index is 0.161. The number of carbonyl (C=O) groups is 1. The van der Waals surface area contributed by atoms with Crippen molar-refractivity contribution in [3.05, 3.63) is 58.1 Å². The molecule has 0 radical (unpaired) electrons. The molecule has 1 aromatic heterocycles. The van der Waals surface area contributed by atoms with Crippen LogP contribution in [0.2, 0.25) is 0 Å². The van der Waals surface area contributed by atoms with Crippen molar-refractivity contribution >= 4 is 27.6 Å². The van der Waals surface area contributed by atoms with E-state index >= 15 is 0 Å². The number of benzene rings is 2. The third-order valence-electron chi connectivity index (χ3n) is 5.94. The summed E-state index contributed by atoms with van der Waals surface area (Å²) in [5.74, 6) is -0.364. The number of aromatic nitrogens is 1. The van der Waals surface area contributed by atoms with Gasteiger partial charge in [0.2, 0.25) is 5.91 Å². The molecule has 154 valence electrons. The summed E-state index contributed by atoms with van der Waals surface area (Å²) in [6.45, 7) is 2.86. The van der Waals surface area contributed by atoms with Gasteiger partial charge >= 0.3 is 0 Å². The Kier molecular flexibility index (Phi) is 5.51. The molecule has 4 rings (SSSR count). The first-order chi connectivity index (χ1) is 14.5. The van der Waals surface area contributed by atoms with Gasteiger partial charge in [0, 0.05) is 17.2 Å². The van der Waals surface area contributed by atoms with E-state index in [0.29, 0.717) is 16.2 Å². The van der Waals surface area contributed by atoms with Crippen LogP contribution < -0.4 is 16.2 Å². The van der Waals surface area contributed by atoms with E-state index in [1.165, 1.54) is 6.07 Å². The lowest BCUT2D eigenvalue weighted by molar-refractivity contribution is -0.124. The lowest BCUT2D eigenvalue weighted by Crippen LogP contribution is -2.47. The molecule has 6 nitrogen and oxygen atoms in total. The largest absolute Gasteiger partial charge is 0.339 e. The van der Waals surface area contributed by atoms with Crippen molar-refractivity contribution in [3.8, 4) is 6.07 Å². The first-order valence-corrected chi connectivity index (χ1v) is 10.2. The number of hydrogen-bond acceptors (Lipinski definition) is 4. The molecule has 3 N–H and O–H groups in total. The Morgan fingerprint density at radius 2 is 2.13 bits per heavy atom. The minimum Gasteiger partial charge on any atom is -0.339 e. The maximum Gasteiger partial charge on any atom is 0.256 e. The van der Waals surface area contributed by atoms with E-state index in [1.807, 2.05) is 6.07 Å². The number of nitrogens with one attached hydrogen (secondary N) is 3. The van der Waals surface area contributed by atoms with E-state index in [4.69, 9.17) is 0 Å². The number of pyridine rings is 1. The standard InChI is InChI=1S/C23H23FN4O2/c1-2-14-8-9-26-20(14)23(30)27-15(12-25)10-13-6-7-16-17-4-3-5-19(24)21(17)28-22(29)18(16)11-13/h3-7,11,14-15,20,26H,2,8-10H2,1H3,(H,27,30)(H,28,29). The van der Waals surface area contributed by atoms with Crippen LogP contribution in [-0.4, -0.2) is 29.5 Å². The second-order valence-corrected chi connectivity index (χ2v) is 7.78. The summed E-state index contributed by atoms with van der Waals surface area (Å²) in [4.78, 5) is 27.7. The molecule has 1 saturated heterocycles. The molecule has 2 heterocycles. The van der Waals surface area contributed by atoms with Crippen LogP contribution in [0, 0.1) is 23.1 Å². The molecule has 7 heteroatoms. The zero-order chi connectivity index (χ0) is 21.3. The number of nitrogens with zero attached hydrogens (tertiary/aromatic N) is 1. The quantitative estimate of drug-likeness (QED) is 0.568. The highest BCUT2D eigenvalue weighted by molar-refractivity contribution is 6.05. The average Bonchev–Trinajstić information content (AvgIpc) is 3.23. The number of amides is 1. The summed E-state index contributed by atoms with van der Waals surface area (Å²) in [5, 5.41) is 17.3. The van der Waals surface area contributed by atoms with Crippen molar-refractivity contribution in [2.45, 2.75) is 38.3 Å².